The van der Waals surface area contributed by atoms with E-state index in [4.69, 9.17) is 4.74 Å². The molecule has 0 bridgehead atoms. The Labute approximate surface area is 243 Å². The first-order valence-electron chi connectivity index (χ1n) is 14.9. The summed E-state index contributed by atoms with van der Waals surface area (Å²) in [5, 5.41) is 0.252. The first-order valence-corrected chi connectivity index (χ1v) is 14.9. The maximum absolute atomic E-state index is 16.5. The number of rotatable bonds is 6. The molecule has 42 heavy (non-hydrogen) atoms. The van der Waals surface area contributed by atoms with Gasteiger partial charge in [-0.3, -0.25) is 4.79 Å². The van der Waals surface area contributed by atoms with Gasteiger partial charge in [-0.2, -0.15) is 9.97 Å². The molecular weight excluding hydrogens is 543 g/mol. The van der Waals surface area contributed by atoms with Gasteiger partial charge in [0.15, 0.2) is 11.6 Å². The quantitative estimate of drug-likeness (QED) is 0.376. The van der Waals surface area contributed by atoms with E-state index in [1.807, 2.05) is 24.1 Å². The van der Waals surface area contributed by atoms with Gasteiger partial charge in [-0.25, -0.2) is 13.2 Å². The lowest BCUT2D eigenvalue weighted by Gasteiger charge is -2.47. The Hall–Kier alpha value is -3.66. The van der Waals surface area contributed by atoms with Crippen molar-refractivity contribution in [2.24, 2.45) is 0 Å². The number of hydrogen-bond donors (Lipinski definition) is 0. The highest BCUT2D eigenvalue weighted by Gasteiger charge is 2.50. The van der Waals surface area contributed by atoms with Crippen LogP contribution < -0.4 is 9.64 Å². The first-order chi connectivity index (χ1) is 20.3. The Kier molecular flexibility index (Phi) is 6.84. The Bertz CT molecular complexity index is 1600. The van der Waals surface area contributed by atoms with Gasteiger partial charge < -0.3 is 19.4 Å². The van der Waals surface area contributed by atoms with Crippen molar-refractivity contribution in [3.05, 3.63) is 59.4 Å². The molecule has 0 spiro atoms. The number of aromatic nitrogens is 2. The Morgan fingerprint density at radius 2 is 1.93 bits per heavy atom. The van der Waals surface area contributed by atoms with Crippen molar-refractivity contribution in [3.63, 3.8) is 0 Å². The molecule has 1 amide bonds. The fourth-order valence-corrected chi connectivity index (χ4v) is 7.34. The van der Waals surface area contributed by atoms with Crippen molar-refractivity contribution in [1.82, 2.24) is 19.8 Å². The molecule has 4 heterocycles. The molecule has 3 atom stereocenters. The van der Waals surface area contributed by atoms with Gasteiger partial charge in [-0.05, 0) is 81.3 Å². The minimum Gasteiger partial charge on any atom is -0.462 e. The molecule has 220 valence electrons. The summed E-state index contributed by atoms with van der Waals surface area (Å²) in [5.74, 6) is -2.74. The molecule has 0 N–H and O–H groups in total. The summed E-state index contributed by atoms with van der Waals surface area (Å²) in [5.41, 5.74) is 2.62. The number of likely N-dealkylation sites (N-methyl/N-ethyl adjacent to an activating group) is 1. The van der Waals surface area contributed by atoms with Gasteiger partial charge >= 0.3 is 6.01 Å². The van der Waals surface area contributed by atoms with E-state index in [0.29, 0.717) is 37.5 Å². The third kappa shape index (κ3) is 4.42. The second-order valence-corrected chi connectivity index (χ2v) is 12.0. The number of hydrogen-bond acceptors (Lipinski definition) is 6. The monoisotopic (exact) mass is 577 g/mol. The molecule has 1 aliphatic carbocycles. The molecule has 7 rings (SSSR count). The van der Waals surface area contributed by atoms with E-state index in [9.17, 15) is 9.18 Å². The van der Waals surface area contributed by atoms with Gasteiger partial charge in [0, 0.05) is 24.5 Å². The van der Waals surface area contributed by atoms with Crippen molar-refractivity contribution in [1.29, 1.82) is 0 Å². The topological polar surface area (TPSA) is 61.8 Å². The van der Waals surface area contributed by atoms with Crippen LogP contribution in [0, 0.1) is 11.6 Å². The molecule has 1 unspecified atom stereocenters. The highest BCUT2D eigenvalue weighted by Crippen LogP contribution is 2.43. The summed E-state index contributed by atoms with van der Waals surface area (Å²) < 4.78 is 52.2. The summed E-state index contributed by atoms with van der Waals surface area (Å²) in [7, 11) is 2.04. The Morgan fingerprint density at radius 3 is 2.71 bits per heavy atom. The molecule has 0 saturated carbocycles. The van der Waals surface area contributed by atoms with Crippen LogP contribution in [0.4, 0.5) is 19.0 Å². The minimum absolute atomic E-state index is 0.00565. The molecule has 3 fully saturated rings. The van der Waals surface area contributed by atoms with Crippen molar-refractivity contribution in [3.8, 4) is 17.1 Å². The van der Waals surface area contributed by atoms with Gasteiger partial charge in [0.2, 0.25) is 0 Å². The highest BCUT2D eigenvalue weighted by atomic mass is 19.1. The Morgan fingerprint density at radius 1 is 1.10 bits per heavy atom. The van der Waals surface area contributed by atoms with Crippen LogP contribution in [0.15, 0.2) is 36.7 Å². The number of benzene rings is 2. The summed E-state index contributed by atoms with van der Waals surface area (Å²) in [6, 6.07) is 6.87. The molecule has 2 aromatic carbocycles. The molecule has 10 heteroatoms. The maximum Gasteiger partial charge on any atom is 0.319 e. The average molecular weight is 578 g/mol. The van der Waals surface area contributed by atoms with E-state index in [1.54, 1.807) is 6.07 Å². The number of carbonyl (C=O) groups is 1. The van der Waals surface area contributed by atoms with Crippen molar-refractivity contribution in [2.45, 2.75) is 63.1 Å². The van der Waals surface area contributed by atoms with Crippen LogP contribution in [-0.4, -0.2) is 77.1 Å². The number of amides is 1. The highest BCUT2D eigenvalue weighted by molar-refractivity contribution is 5.95. The van der Waals surface area contributed by atoms with Crippen molar-refractivity contribution < 1.29 is 22.7 Å². The second kappa shape index (κ2) is 10.6. The average Bonchev–Trinajstić information content (AvgIpc) is 3.53. The Balaban J connectivity index is 1.31. The van der Waals surface area contributed by atoms with Crippen LogP contribution in [0.3, 0.4) is 0 Å². The van der Waals surface area contributed by atoms with Crippen LogP contribution in [-0.2, 0) is 17.6 Å². The standard InChI is InChI=1S/C32H34F3N5O2/c1-18(33)31(41)39-14-12-25-26(39)16-40(25)30-23-15-24(34)27(22-11-5-8-19-7-3-4-10-21(19)22)28(35)29(23)36-32(37-30)42-17-20-9-6-13-38(20)2/h5,8,11,15,20,25-26H,1,3-4,6-7,9-10,12-14,16-17H2,2H3/t20-,25?,26+/m0/s1. The predicted octanol–water partition coefficient (Wildman–Crippen LogP) is 5.20. The third-order valence-corrected chi connectivity index (χ3v) is 9.64. The van der Waals surface area contributed by atoms with Crippen LogP contribution in [0.2, 0.25) is 0 Å². The van der Waals surface area contributed by atoms with Crippen LogP contribution in [0.25, 0.3) is 22.0 Å². The van der Waals surface area contributed by atoms with Crippen LogP contribution in [0.1, 0.15) is 43.2 Å². The summed E-state index contributed by atoms with van der Waals surface area (Å²) in [6.07, 6.45) is 6.35. The van der Waals surface area contributed by atoms with E-state index < -0.39 is 23.4 Å². The molecule has 3 aliphatic heterocycles. The predicted molar refractivity (Wildman–Crippen MR) is 154 cm³/mol. The molecule has 4 aliphatic rings. The van der Waals surface area contributed by atoms with Gasteiger partial charge in [0.05, 0.1) is 17.6 Å². The SMILES string of the molecule is C=C(F)C(=O)N1CCC2[C@H]1CN2c1nc(OC[C@@H]2CCCN2C)nc2c(F)c(-c3cccc4c3CCCC4)c(F)cc12. The number of nitrogens with zero attached hydrogens (tertiary/aromatic N) is 5. The number of halogens is 3. The molecule has 1 aromatic heterocycles. The van der Waals surface area contributed by atoms with Crippen molar-refractivity contribution in [2.75, 3.05) is 38.2 Å². The second-order valence-electron chi connectivity index (χ2n) is 12.0. The lowest BCUT2D eigenvalue weighted by Crippen LogP contribution is -2.63. The fraction of sp³-hybridized carbons (Fsp3) is 0.469. The fourth-order valence-electron chi connectivity index (χ4n) is 7.34. The number of ether oxygens (including phenoxy) is 1. The van der Waals surface area contributed by atoms with Crippen LogP contribution in [0.5, 0.6) is 6.01 Å². The first kappa shape index (κ1) is 27.2. The van der Waals surface area contributed by atoms with E-state index in [1.165, 1.54) is 11.0 Å². The number of fused-ring (bicyclic) bond motifs is 3. The van der Waals surface area contributed by atoms with Gasteiger partial charge in [-0.15, -0.1) is 0 Å². The number of anilines is 1. The number of aryl methyl sites for hydroxylation is 1. The minimum atomic E-state index is -0.992. The zero-order chi connectivity index (χ0) is 29.1. The molecule has 3 aromatic rings. The van der Waals surface area contributed by atoms with E-state index in [0.717, 1.165) is 56.2 Å². The number of carbonyl (C=O) groups excluding carboxylic acids is 1. The molecule has 3 saturated heterocycles. The normalized spacial score (nSPS) is 23.6. The summed E-state index contributed by atoms with van der Waals surface area (Å²) >= 11 is 0. The smallest absolute Gasteiger partial charge is 0.319 e. The molecular formula is C32H34F3N5O2. The zero-order valence-electron chi connectivity index (χ0n) is 23.7. The van der Waals surface area contributed by atoms with Gasteiger partial charge in [0.25, 0.3) is 5.91 Å². The third-order valence-electron chi connectivity index (χ3n) is 9.64. The summed E-state index contributed by atoms with van der Waals surface area (Å²) in [4.78, 5) is 27.1. The lowest BCUT2D eigenvalue weighted by atomic mass is 9.85. The zero-order valence-corrected chi connectivity index (χ0v) is 23.7. The summed E-state index contributed by atoms with van der Waals surface area (Å²) in [6.45, 7) is 5.23. The van der Waals surface area contributed by atoms with Crippen molar-refractivity contribution >= 4 is 22.6 Å². The van der Waals surface area contributed by atoms with E-state index in [2.05, 4.69) is 21.4 Å². The molecule has 7 nitrogen and oxygen atoms in total. The van der Waals surface area contributed by atoms with Crippen LogP contribution >= 0.6 is 0 Å². The lowest BCUT2D eigenvalue weighted by molar-refractivity contribution is -0.130. The maximum atomic E-state index is 16.5. The van der Waals surface area contributed by atoms with Gasteiger partial charge in [-0.1, -0.05) is 24.8 Å². The number of likely N-dealkylation sites (tertiary alicyclic amines) is 2. The largest absolute Gasteiger partial charge is 0.462 e. The van der Waals surface area contributed by atoms with E-state index >= 15 is 8.78 Å². The molecule has 0 radical (unpaired) electrons. The van der Waals surface area contributed by atoms with E-state index in [-0.39, 0.29) is 40.6 Å². The van der Waals surface area contributed by atoms with Gasteiger partial charge in [0.1, 0.15) is 23.8 Å².